The van der Waals surface area contributed by atoms with Gasteiger partial charge < -0.3 is 10.6 Å². The van der Waals surface area contributed by atoms with Crippen LogP contribution in [0.25, 0.3) is 0 Å². The Morgan fingerprint density at radius 3 is 2.40 bits per heavy atom. The van der Waals surface area contributed by atoms with Crippen LogP contribution in [-0.4, -0.2) is 29.9 Å². The molecule has 0 atom stereocenters. The van der Waals surface area contributed by atoms with Crippen molar-refractivity contribution in [3.05, 3.63) is 35.4 Å². The minimum Gasteiger partial charge on any atom is -0.336 e. The minimum atomic E-state index is 0.165. The smallest absolute Gasteiger partial charge is 0.254 e. The molecule has 20 heavy (non-hydrogen) atoms. The average Bonchev–Trinajstić information content (AvgIpc) is 2.40. The Morgan fingerprint density at radius 2 is 1.95 bits per heavy atom. The van der Waals surface area contributed by atoms with Gasteiger partial charge in [0.05, 0.1) is 0 Å². The number of hydrogen-bond donors (Lipinski definition) is 1. The second-order valence-electron chi connectivity index (χ2n) is 6.00. The molecule has 1 saturated carbocycles. The molecular formula is C17H26N2O. The zero-order valence-corrected chi connectivity index (χ0v) is 12.6. The molecule has 2 N–H and O–H groups in total. The zero-order valence-electron chi connectivity index (χ0n) is 12.6. The Morgan fingerprint density at radius 1 is 1.30 bits per heavy atom. The lowest BCUT2D eigenvalue weighted by Gasteiger charge is -2.37. The maximum Gasteiger partial charge on any atom is 0.254 e. The van der Waals surface area contributed by atoms with E-state index >= 15 is 0 Å². The van der Waals surface area contributed by atoms with E-state index in [-0.39, 0.29) is 5.91 Å². The lowest BCUT2D eigenvalue weighted by molar-refractivity contribution is 0.0578. The van der Waals surface area contributed by atoms with Crippen molar-refractivity contribution in [1.29, 1.82) is 0 Å². The van der Waals surface area contributed by atoms with E-state index in [1.54, 1.807) is 0 Å². The van der Waals surface area contributed by atoms with Crippen molar-refractivity contribution in [2.75, 3.05) is 13.1 Å². The number of benzene rings is 1. The van der Waals surface area contributed by atoms with Crippen molar-refractivity contribution in [1.82, 2.24) is 4.90 Å². The Balaban J connectivity index is 2.09. The van der Waals surface area contributed by atoms with Crippen LogP contribution in [0.1, 0.15) is 61.4 Å². The van der Waals surface area contributed by atoms with Gasteiger partial charge in [-0.3, -0.25) is 4.79 Å². The van der Waals surface area contributed by atoms with Crippen LogP contribution >= 0.6 is 0 Å². The SMILES string of the molecule is CC(C)c1ccc(C(=O)N(CCCN)C2CCC2)cc1. The number of carbonyl (C=O) groups excluding carboxylic acids is 1. The monoisotopic (exact) mass is 274 g/mol. The second kappa shape index (κ2) is 6.89. The fourth-order valence-electron chi connectivity index (χ4n) is 2.59. The first kappa shape index (κ1) is 15.0. The highest BCUT2D eigenvalue weighted by Gasteiger charge is 2.28. The van der Waals surface area contributed by atoms with Crippen LogP contribution in [0.4, 0.5) is 0 Å². The Kier molecular flexibility index (Phi) is 5.18. The van der Waals surface area contributed by atoms with Crippen LogP contribution < -0.4 is 5.73 Å². The predicted molar refractivity (Wildman–Crippen MR) is 82.9 cm³/mol. The van der Waals surface area contributed by atoms with E-state index in [9.17, 15) is 4.79 Å². The van der Waals surface area contributed by atoms with Gasteiger partial charge in [0.25, 0.3) is 5.91 Å². The average molecular weight is 274 g/mol. The van der Waals surface area contributed by atoms with Crippen LogP contribution in [-0.2, 0) is 0 Å². The summed E-state index contributed by atoms with van der Waals surface area (Å²) in [7, 11) is 0. The highest BCUT2D eigenvalue weighted by atomic mass is 16.2. The van der Waals surface area contributed by atoms with Gasteiger partial charge in [0.15, 0.2) is 0 Å². The van der Waals surface area contributed by atoms with Gasteiger partial charge in [0.2, 0.25) is 0 Å². The standard InChI is InChI=1S/C17H26N2O/c1-13(2)14-7-9-15(10-8-14)17(20)19(12-4-11-18)16-5-3-6-16/h7-10,13,16H,3-6,11-12,18H2,1-2H3. The lowest BCUT2D eigenvalue weighted by Crippen LogP contribution is -2.45. The lowest BCUT2D eigenvalue weighted by atomic mass is 9.90. The highest BCUT2D eigenvalue weighted by molar-refractivity contribution is 5.94. The number of nitrogens with zero attached hydrogens (tertiary/aromatic N) is 1. The van der Waals surface area contributed by atoms with Gasteiger partial charge in [-0.25, -0.2) is 0 Å². The topological polar surface area (TPSA) is 46.3 Å². The number of amides is 1. The first-order valence-electron chi connectivity index (χ1n) is 7.74. The van der Waals surface area contributed by atoms with E-state index in [2.05, 4.69) is 26.0 Å². The predicted octanol–water partition coefficient (Wildman–Crippen LogP) is 3.15. The summed E-state index contributed by atoms with van der Waals surface area (Å²) >= 11 is 0. The molecule has 0 spiro atoms. The van der Waals surface area contributed by atoms with E-state index in [0.29, 0.717) is 18.5 Å². The first-order chi connectivity index (χ1) is 9.63. The van der Waals surface area contributed by atoms with Crippen LogP contribution in [0.5, 0.6) is 0 Å². The van der Waals surface area contributed by atoms with Gasteiger partial charge in [-0.1, -0.05) is 26.0 Å². The minimum absolute atomic E-state index is 0.165. The van der Waals surface area contributed by atoms with Gasteiger partial charge in [0, 0.05) is 18.2 Å². The van der Waals surface area contributed by atoms with Crippen LogP contribution in [0.15, 0.2) is 24.3 Å². The summed E-state index contributed by atoms with van der Waals surface area (Å²) in [6, 6.07) is 8.50. The number of hydrogen-bond acceptors (Lipinski definition) is 2. The molecule has 0 aliphatic heterocycles. The molecule has 1 aliphatic rings. The molecule has 0 heterocycles. The molecule has 0 unspecified atom stereocenters. The fraction of sp³-hybridized carbons (Fsp3) is 0.588. The normalized spacial score (nSPS) is 15.2. The van der Waals surface area contributed by atoms with Crippen molar-refractivity contribution < 1.29 is 4.79 Å². The maximum absolute atomic E-state index is 12.7. The summed E-state index contributed by atoms with van der Waals surface area (Å²) in [6.45, 7) is 5.76. The van der Waals surface area contributed by atoms with Crippen molar-refractivity contribution in [2.45, 2.75) is 51.5 Å². The molecule has 3 heteroatoms. The molecule has 1 aromatic carbocycles. The summed E-state index contributed by atoms with van der Waals surface area (Å²) in [5.74, 6) is 0.664. The van der Waals surface area contributed by atoms with E-state index in [4.69, 9.17) is 5.73 Å². The summed E-state index contributed by atoms with van der Waals surface area (Å²) in [6.07, 6.45) is 4.40. The number of rotatable bonds is 6. The maximum atomic E-state index is 12.7. The van der Waals surface area contributed by atoms with Crippen molar-refractivity contribution in [2.24, 2.45) is 5.73 Å². The third-order valence-electron chi connectivity index (χ3n) is 4.20. The Hall–Kier alpha value is -1.35. The molecule has 0 saturated heterocycles. The van der Waals surface area contributed by atoms with Crippen LogP contribution in [0.3, 0.4) is 0 Å². The first-order valence-corrected chi connectivity index (χ1v) is 7.74. The Labute approximate surface area is 122 Å². The fourth-order valence-corrected chi connectivity index (χ4v) is 2.59. The highest BCUT2D eigenvalue weighted by Crippen LogP contribution is 2.26. The van der Waals surface area contributed by atoms with Crippen molar-refractivity contribution in [3.8, 4) is 0 Å². The molecular weight excluding hydrogens is 248 g/mol. The third kappa shape index (κ3) is 3.40. The zero-order chi connectivity index (χ0) is 14.5. The van der Waals surface area contributed by atoms with Crippen molar-refractivity contribution >= 4 is 5.91 Å². The van der Waals surface area contributed by atoms with Gasteiger partial charge >= 0.3 is 0 Å². The molecule has 110 valence electrons. The van der Waals surface area contributed by atoms with E-state index in [0.717, 1.165) is 31.4 Å². The van der Waals surface area contributed by atoms with Gasteiger partial charge in [-0.05, 0) is 55.8 Å². The largest absolute Gasteiger partial charge is 0.336 e. The summed E-state index contributed by atoms with van der Waals surface area (Å²) in [5, 5.41) is 0. The molecule has 0 aromatic heterocycles. The molecule has 0 bridgehead atoms. The third-order valence-corrected chi connectivity index (χ3v) is 4.20. The van der Waals surface area contributed by atoms with E-state index in [1.165, 1.54) is 12.0 Å². The number of nitrogens with two attached hydrogens (primary N) is 1. The van der Waals surface area contributed by atoms with E-state index in [1.807, 2.05) is 17.0 Å². The number of carbonyl (C=O) groups is 1. The van der Waals surface area contributed by atoms with Gasteiger partial charge in [-0.15, -0.1) is 0 Å². The van der Waals surface area contributed by atoms with Crippen LogP contribution in [0.2, 0.25) is 0 Å². The molecule has 1 aliphatic carbocycles. The molecule has 3 nitrogen and oxygen atoms in total. The van der Waals surface area contributed by atoms with Gasteiger partial charge in [0.1, 0.15) is 0 Å². The quantitative estimate of drug-likeness (QED) is 0.866. The van der Waals surface area contributed by atoms with E-state index < -0.39 is 0 Å². The molecule has 0 radical (unpaired) electrons. The molecule has 1 amide bonds. The molecule has 1 aromatic rings. The Bertz CT molecular complexity index is 435. The molecule has 2 rings (SSSR count). The van der Waals surface area contributed by atoms with Crippen LogP contribution in [0, 0.1) is 0 Å². The van der Waals surface area contributed by atoms with Crippen molar-refractivity contribution in [3.63, 3.8) is 0 Å². The molecule has 1 fully saturated rings. The van der Waals surface area contributed by atoms with Gasteiger partial charge in [-0.2, -0.15) is 0 Å². The summed E-state index contributed by atoms with van der Waals surface area (Å²) in [5.41, 5.74) is 7.67. The second-order valence-corrected chi connectivity index (χ2v) is 6.00. The summed E-state index contributed by atoms with van der Waals surface area (Å²) in [4.78, 5) is 14.7. The summed E-state index contributed by atoms with van der Waals surface area (Å²) < 4.78 is 0.